The molecule has 0 spiro atoms. The molecule has 3 rings (SSSR count). The number of carbonyl (C=O) groups excluding carboxylic acids is 1. The summed E-state index contributed by atoms with van der Waals surface area (Å²) in [7, 11) is 0. The SMILES string of the molecule is Cc1nc(CC(=O)N2CCOC[C@@H]2CCc2nccnc2C)cs1. The zero-order valence-corrected chi connectivity index (χ0v) is 14.9. The van der Waals surface area contributed by atoms with Gasteiger partial charge in [0.15, 0.2) is 0 Å². The number of aryl methyl sites for hydroxylation is 3. The monoisotopic (exact) mass is 346 g/mol. The average molecular weight is 346 g/mol. The van der Waals surface area contributed by atoms with E-state index in [4.69, 9.17) is 4.74 Å². The van der Waals surface area contributed by atoms with Gasteiger partial charge in [-0.3, -0.25) is 14.8 Å². The molecule has 1 saturated heterocycles. The number of carbonyl (C=O) groups is 1. The van der Waals surface area contributed by atoms with Crippen molar-refractivity contribution in [3.8, 4) is 0 Å². The second-order valence-corrected chi connectivity index (χ2v) is 7.04. The Morgan fingerprint density at radius 1 is 1.38 bits per heavy atom. The molecule has 1 amide bonds. The highest BCUT2D eigenvalue weighted by molar-refractivity contribution is 7.09. The van der Waals surface area contributed by atoms with Gasteiger partial charge in [0.05, 0.1) is 47.8 Å². The fourth-order valence-corrected chi connectivity index (χ4v) is 3.57. The number of hydrogen-bond acceptors (Lipinski definition) is 6. The van der Waals surface area contributed by atoms with Gasteiger partial charge in [-0.1, -0.05) is 0 Å². The zero-order chi connectivity index (χ0) is 16.9. The molecule has 0 unspecified atom stereocenters. The van der Waals surface area contributed by atoms with E-state index in [1.165, 1.54) is 0 Å². The lowest BCUT2D eigenvalue weighted by Gasteiger charge is -2.35. The molecule has 7 heteroatoms. The quantitative estimate of drug-likeness (QED) is 0.828. The van der Waals surface area contributed by atoms with Crippen LogP contribution >= 0.6 is 11.3 Å². The molecule has 24 heavy (non-hydrogen) atoms. The molecule has 3 heterocycles. The van der Waals surface area contributed by atoms with Crippen LogP contribution in [0.1, 0.15) is 28.5 Å². The Labute approximate surface area is 145 Å². The molecule has 1 aliphatic heterocycles. The third-order valence-electron chi connectivity index (χ3n) is 4.24. The summed E-state index contributed by atoms with van der Waals surface area (Å²) in [5.41, 5.74) is 2.80. The van der Waals surface area contributed by atoms with Crippen LogP contribution in [-0.4, -0.2) is 51.6 Å². The Balaban J connectivity index is 1.62. The molecular weight excluding hydrogens is 324 g/mol. The minimum Gasteiger partial charge on any atom is -0.377 e. The molecule has 0 N–H and O–H groups in total. The van der Waals surface area contributed by atoms with Crippen LogP contribution in [0.25, 0.3) is 0 Å². The van der Waals surface area contributed by atoms with Crippen LogP contribution in [0, 0.1) is 13.8 Å². The molecule has 0 aromatic carbocycles. The Bertz CT molecular complexity index is 703. The first-order valence-corrected chi connectivity index (χ1v) is 9.06. The summed E-state index contributed by atoms with van der Waals surface area (Å²) in [6, 6.07) is 0.0902. The fourth-order valence-electron chi connectivity index (χ4n) is 2.95. The lowest BCUT2D eigenvalue weighted by atomic mass is 10.1. The normalized spacial score (nSPS) is 17.9. The van der Waals surface area contributed by atoms with Gasteiger partial charge < -0.3 is 9.64 Å². The first kappa shape index (κ1) is 17.0. The zero-order valence-electron chi connectivity index (χ0n) is 14.1. The summed E-state index contributed by atoms with van der Waals surface area (Å²) < 4.78 is 5.59. The van der Waals surface area contributed by atoms with E-state index in [1.807, 2.05) is 24.1 Å². The molecule has 0 bridgehead atoms. The van der Waals surface area contributed by atoms with Crippen LogP contribution in [-0.2, 0) is 22.4 Å². The van der Waals surface area contributed by atoms with Crippen molar-refractivity contribution in [1.82, 2.24) is 19.9 Å². The number of ether oxygens (including phenoxy) is 1. The Hall–Kier alpha value is -1.86. The van der Waals surface area contributed by atoms with Gasteiger partial charge in [-0.05, 0) is 26.7 Å². The van der Waals surface area contributed by atoms with Gasteiger partial charge in [-0.15, -0.1) is 11.3 Å². The fraction of sp³-hybridized carbons (Fsp3) is 0.529. The minimum absolute atomic E-state index is 0.0902. The second kappa shape index (κ2) is 7.81. The molecule has 6 nitrogen and oxygen atoms in total. The molecule has 1 atom stereocenters. The van der Waals surface area contributed by atoms with Crippen molar-refractivity contribution in [3.63, 3.8) is 0 Å². The molecule has 1 aliphatic rings. The number of thiazole rings is 1. The van der Waals surface area contributed by atoms with E-state index >= 15 is 0 Å². The predicted octanol–water partition coefficient (Wildman–Crippen LogP) is 1.95. The summed E-state index contributed by atoms with van der Waals surface area (Å²) in [4.78, 5) is 27.7. The lowest BCUT2D eigenvalue weighted by Crippen LogP contribution is -2.49. The highest BCUT2D eigenvalue weighted by atomic mass is 32.1. The standard InChI is InChI=1S/C17H22N4O2S/c1-12-16(19-6-5-18-12)4-3-15-10-23-8-7-21(15)17(22)9-14-11-24-13(2)20-14/h5-6,11,15H,3-4,7-10H2,1-2H3/t15-/m0/s1. The van der Waals surface area contributed by atoms with Gasteiger partial charge in [-0.25, -0.2) is 4.98 Å². The molecule has 0 aliphatic carbocycles. The molecule has 2 aromatic heterocycles. The number of rotatable bonds is 5. The molecular formula is C17H22N4O2S. The maximum absolute atomic E-state index is 12.7. The van der Waals surface area contributed by atoms with Gasteiger partial charge in [0, 0.05) is 24.3 Å². The maximum atomic E-state index is 12.7. The van der Waals surface area contributed by atoms with E-state index in [1.54, 1.807) is 23.7 Å². The topological polar surface area (TPSA) is 68.2 Å². The van der Waals surface area contributed by atoms with E-state index in [2.05, 4.69) is 15.0 Å². The maximum Gasteiger partial charge on any atom is 0.229 e. The Morgan fingerprint density at radius 3 is 2.96 bits per heavy atom. The van der Waals surface area contributed by atoms with E-state index in [0.717, 1.165) is 34.9 Å². The third kappa shape index (κ3) is 4.15. The summed E-state index contributed by atoms with van der Waals surface area (Å²) in [6.07, 6.45) is 5.42. The van der Waals surface area contributed by atoms with Gasteiger partial charge >= 0.3 is 0 Å². The van der Waals surface area contributed by atoms with Gasteiger partial charge in [0.25, 0.3) is 0 Å². The first-order valence-electron chi connectivity index (χ1n) is 8.18. The smallest absolute Gasteiger partial charge is 0.229 e. The van der Waals surface area contributed by atoms with Crippen LogP contribution in [0.2, 0.25) is 0 Å². The number of morpholine rings is 1. The van der Waals surface area contributed by atoms with Crippen LogP contribution < -0.4 is 0 Å². The number of amides is 1. The van der Waals surface area contributed by atoms with Crippen LogP contribution in [0.4, 0.5) is 0 Å². The van der Waals surface area contributed by atoms with Gasteiger partial charge in [0.1, 0.15) is 0 Å². The molecule has 128 valence electrons. The van der Waals surface area contributed by atoms with Crippen LogP contribution in [0.15, 0.2) is 17.8 Å². The third-order valence-corrected chi connectivity index (χ3v) is 5.07. The largest absolute Gasteiger partial charge is 0.377 e. The van der Waals surface area contributed by atoms with Crippen LogP contribution in [0.3, 0.4) is 0 Å². The number of nitrogens with zero attached hydrogens (tertiary/aromatic N) is 4. The van der Waals surface area contributed by atoms with E-state index in [-0.39, 0.29) is 11.9 Å². The highest BCUT2D eigenvalue weighted by Gasteiger charge is 2.27. The van der Waals surface area contributed by atoms with Crippen molar-refractivity contribution >= 4 is 17.2 Å². The van der Waals surface area contributed by atoms with Gasteiger partial charge in [-0.2, -0.15) is 0 Å². The molecule has 0 saturated carbocycles. The molecule has 1 fully saturated rings. The second-order valence-electron chi connectivity index (χ2n) is 5.98. The minimum atomic E-state index is 0.0902. The number of aromatic nitrogens is 3. The van der Waals surface area contributed by atoms with Crippen molar-refractivity contribution < 1.29 is 9.53 Å². The first-order chi connectivity index (χ1) is 11.6. The summed E-state index contributed by atoms with van der Waals surface area (Å²) in [5, 5.41) is 2.96. The average Bonchev–Trinajstić information content (AvgIpc) is 2.99. The Kier molecular flexibility index (Phi) is 5.52. The lowest BCUT2D eigenvalue weighted by molar-refractivity contribution is -0.139. The van der Waals surface area contributed by atoms with Crippen molar-refractivity contribution in [2.75, 3.05) is 19.8 Å². The van der Waals surface area contributed by atoms with Crippen LogP contribution in [0.5, 0.6) is 0 Å². The Morgan fingerprint density at radius 2 is 2.21 bits per heavy atom. The van der Waals surface area contributed by atoms with Crippen molar-refractivity contribution in [3.05, 3.63) is 39.9 Å². The summed E-state index contributed by atoms with van der Waals surface area (Å²) >= 11 is 1.58. The highest BCUT2D eigenvalue weighted by Crippen LogP contribution is 2.17. The summed E-state index contributed by atoms with van der Waals surface area (Å²) in [6.45, 7) is 5.75. The van der Waals surface area contributed by atoms with Crippen molar-refractivity contribution in [1.29, 1.82) is 0 Å². The van der Waals surface area contributed by atoms with Crippen molar-refractivity contribution in [2.24, 2.45) is 0 Å². The number of hydrogen-bond donors (Lipinski definition) is 0. The van der Waals surface area contributed by atoms with E-state index < -0.39 is 0 Å². The summed E-state index contributed by atoms with van der Waals surface area (Å²) in [5.74, 6) is 0.129. The predicted molar refractivity (Wildman–Crippen MR) is 92.0 cm³/mol. The van der Waals surface area contributed by atoms with E-state index in [9.17, 15) is 4.79 Å². The van der Waals surface area contributed by atoms with Crippen molar-refractivity contribution in [2.45, 2.75) is 39.2 Å². The molecule has 0 radical (unpaired) electrons. The van der Waals surface area contributed by atoms with E-state index in [0.29, 0.717) is 26.2 Å². The molecule has 2 aromatic rings. The van der Waals surface area contributed by atoms with Gasteiger partial charge in [0.2, 0.25) is 5.91 Å².